The van der Waals surface area contributed by atoms with E-state index in [0.717, 1.165) is 0 Å². The smallest absolute Gasteiger partial charge is 0.357 e. The zero-order valence-corrected chi connectivity index (χ0v) is 14.8. The highest BCUT2D eigenvalue weighted by Crippen LogP contribution is 2.26. The second kappa shape index (κ2) is 7.55. The topological polar surface area (TPSA) is 130 Å². The Kier molecular flexibility index (Phi) is 5.00. The molecule has 0 aliphatic rings. The largest absolute Gasteiger partial charge is 0.507 e. The fraction of sp³-hybridized carbons (Fsp3) is 0.0500. The Hall–Kier alpha value is -4.25. The van der Waals surface area contributed by atoms with Crippen molar-refractivity contribution in [3.8, 4) is 17.5 Å². The number of anilines is 2. The minimum absolute atomic E-state index is 0.0336. The third-order valence-electron chi connectivity index (χ3n) is 4.10. The van der Waals surface area contributed by atoms with E-state index < -0.39 is 11.9 Å². The van der Waals surface area contributed by atoms with Gasteiger partial charge in [-0.05, 0) is 36.4 Å². The van der Waals surface area contributed by atoms with Gasteiger partial charge in [0.2, 0.25) is 0 Å². The number of aromatic hydroxyl groups is 1. The number of nitriles is 1. The molecule has 1 heterocycles. The van der Waals surface area contributed by atoms with Crippen LogP contribution in [0.5, 0.6) is 5.75 Å². The molecular formula is C20H16N4O4. The van der Waals surface area contributed by atoms with Gasteiger partial charge in [-0.3, -0.25) is 4.79 Å². The lowest BCUT2D eigenvalue weighted by molar-refractivity contribution is 0.0593. The normalized spacial score (nSPS) is 10.1. The number of phenolic OH excluding ortho intramolecular Hbond substituents is 1. The first kappa shape index (κ1) is 18.5. The number of nitrogens with zero attached hydrogens (tertiary/aromatic N) is 2. The van der Waals surface area contributed by atoms with Gasteiger partial charge < -0.3 is 25.5 Å². The molecule has 0 atom stereocenters. The predicted octanol–water partition coefficient (Wildman–Crippen LogP) is 2.68. The summed E-state index contributed by atoms with van der Waals surface area (Å²) in [5, 5.41) is 21.6. The van der Waals surface area contributed by atoms with Gasteiger partial charge in [0.05, 0.1) is 23.9 Å². The average Bonchev–Trinajstić information content (AvgIpc) is 3.04. The number of benzene rings is 2. The minimum Gasteiger partial charge on any atom is -0.507 e. The molecule has 28 heavy (non-hydrogen) atoms. The number of rotatable bonds is 4. The zero-order valence-electron chi connectivity index (χ0n) is 14.8. The molecule has 0 fully saturated rings. The Morgan fingerprint density at radius 2 is 1.86 bits per heavy atom. The summed E-state index contributed by atoms with van der Waals surface area (Å²) >= 11 is 0. The van der Waals surface area contributed by atoms with Crippen molar-refractivity contribution in [2.75, 3.05) is 18.2 Å². The molecule has 0 bridgehead atoms. The van der Waals surface area contributed by atoms with E-state index in [4.69, 9.17) is 15.7 Å². The lowest BCUT2D eigenvalue weighted by Gasteiger charge is -2.10. The maximum Gasteiger partial charge on any atom is 0.357 e. The Morgan fingerprint density at radius 3 is 2.46 bits per heavy atom. The number of para-hydroxylation sites is 1. The number of esters is 1. The SMILES string of the molecule is COC(=O)c1c(N)c(C#N)cn1-c1ccc(NC(=O)c2ccccc2O)cc1. The van der Waals surface area contributed by atoms with Crippen LogP contribution in [-0.4, -0.2) is 28.7 Å². The summed E-state index contributed by atoms with van der Waals surface area (Å²) in [6.45, 7) is 0. The molecule has 0 unspecified atom stereocenters. The number of aromatic nitrogens is 1. The molecule has 4 N–H and O–H groups in total. The Bertz CT molecular complexity index is 1090. The van der Waals surface area contributed by atoms with E-state index in [-0.39, 0.29) is 28.3 Å². The Labute approximate surface area is 160 Å². The molecule has 1 amide bonds. The summed E-state index contributed by atoms with van der Waals surface area (Å²) in [6.07, 6.45) is 1.44. The summed E-state index contributed by atoms with van der Waals surface area (Å²) in [4.78, 5) is 24.3. The second-order valence-corrected chi connectivity index (χ2v) is 5.80. The van der Waals surface area contributed by atoms with Gasteiger partial charge in [-0.15, -0.1) is 0 Å². The standard InChI is InChI=1S/C20H16N4O4/c1-28-20(27)18-17(22)12(10-21)11-24(18)14-8-6-13(7-9-14)23-19(26)15-4-2-3-5-16(15)25/h2-9,11,25H,22H2,1H3,(H,23,26). The van der Waals surface area contributed by atoms with Gasteiger partial charge in [-0.25, -0.2) is 4.79 Å². The van der Waals surface area contributed by atoms with Gasteiger partial charge >= 0.3 is 5.97 Å². The first-order valence-electron chi connectivity index (χ1n) is 8.15. The maximum absolute atomic E-state index is 12.3. The number of nitrogen functional groups attached to an aromatic ring is 1. The van der Waals surface area contributed by atoms with Crippen molar-refractivity contribution >= 4 is 23.3 Å². The molecule has 3 rings (SSSR count). The molecule has 3 aromatic rings. The van der Waals surface area contributed by atoms with Crippen LogP contribution in [0.2, 0.25) is 0 Å². The van der Waals surface area contributed by atoms with Gasteiger partial charge in [0.1, 0.15) is 11.8 Å². The van der Waals surface area contributed by atoms with Gasteiger partial charge in [-0.2, -0.15) is 5.26 Å². The van der Waals surface area contributed by atoms with E-state index in [2.05, 4.69) is 5.32 Å². The molecule has 0 spiro atoms. The average molecular weight is 376 g/mol. The van der Waals surface area contributed by atoms with E-state index in [1.165, 1.54) is 30.0 Å². The molecule has 0 aliphatic carbocycles. The number of ether oxygens (including phenoxy) is 1. The highest BCUT2D eigenvalue weighted by Gasteiger charge is 2.21. The fourth-order valence-electron chi connectivity index (χ4n) is 2.69. The van der Waals surface area contributed by atoms with E-state index in [1.807, 2.05) is 6.07 Å². The summed E-state index contributed by atoms with van der Waals surface area (Å²) in [5.74, 6) is -1.25. The lowest BCUT2D eigenvalue weighted by atomic mass is 10.2. The van der Waals surface area contributed by atoms with Crippen LogP contribution < -0.4 is 11.1 Å². The van der Waals surface area contributed by atoms with E-state index in [1.54, 1.807) is 36.4 Å². The van der Waals surface area contributed by atoms with Crippen molar-refractivity contribution in [3.05, 3.63) is 71.5 Å². The van der Waals surface area contributed by atoms with Crippen LogP contribution in [0.3, 0.4) is 0 Å². The molecule has 2 aromatic carbocycles. The number of hydrogen-bond acceptors (Lipinski definition) is 6. The van der Waals surface area contributed by atoms with Gasteiger partial charge in [-0.1, -0.05) is 12.1 Å². The summed E-state index contributed by atoms with van der Waals surface area (Å²) in [7, 11) is 1.22. The van der Waals surface area contributed by atoms with Crippen molar-refractivity contribution in [3.63, 3.8) is 0 Å². The molecule has 0 saturated heterocycles. The van der Waals surface area contributed by atoms with Crippen LogP contribution in [0.4, 0.5) is 11.4 Å². The monoisotopic (exact) mass is 376 g/mol. The molecule has 8 nitrogen and oxygen atoms in total. The molecule has 1 aromatic heterocycles. The number of amides is 1. The molecule has 0 saturated carbocycles. The number of hydrogen-bond donors (Lipinski definition) is 3. The maximum atomic E-state index is 12.3. The Morgan fingerprint density at radius 1 is 1.18 bits per heavy atom. The Balaban J connectivity index is 1.90. The van der Waals surface area contributed by atoms with E-state index in [0.29, 0.717) is 11.4 Å². The quantitative estimate of drug-likeness (QED) is 0.600. The van der Waals surface area contributed by atoms with Crippen molar-refractivity contribution < 1.29 is 19.4 Å². The lowest BCUT2D eigenvalue weighted by Crippen LogP contribution is -2.13. The van der Waals surface area contributed by atoms with Crippen LogP contribution in [0.25, 0.3) is 5.69 Å². The van der Waals surface area contributed by atoms with Crippen LogP contribution in [0, 0.1) is 11.3 Å². The van der Waals surface area contributed by atoms with Gasteiger partial charge in [0.25, 0.3) is 5.91 Å². The molecule has 0 radical (unpaired) electrons. The second-order valence-electron chi connectivity index (χ2n) is 5.80. The van der Waals surface area contributed by atoms with Gasteiger partial charge in [0.15, 0.2) is 5.69 Å². The molecule has 0 aliphatic heterocycles. The fourth-order valence-corrected chi connectivity index (χ4v) is 2.69. The van der Waals surface area contributed by atoms with Crippen molar-refractivity contribution in [2.45, 2.75) is 0 Å². The minimum atomic E-state index is -0.670. The third kappa shape index (κ3) is 3.37. The number of methoxy groups -OCH3 is 1. The van der Waals surface area contributed by atoms with Crippen molar-refractivity contribution in [1.82, 2.24) is 4.57 Å². The van der Waals surface area contributed by atoms with Gasteiger partial charge in [0, 0.05) is 17.6 Å². The first-order chi connectivity index (χ1) is 13.5. The number of nitrogens with one attached hydrogen (secondary N) is 1. The van der Waals surface area contributed by atoms with Crippen molar-refractivity contribution in [1.29, 1.82) is 5.26 Å². The number of phenols is 1. The van der Waals surface area contributed by atoms with Crippen LogP contribution >= 0.6 is 0 Å². The van der Waals surface area contributed by atoms with Crippen LogP contribution in [0.1, 0.15) is 26.4 Å². The zero-order chi connectivity index (χ0) is 20.3. The third-order valence-corrected chi connectivity index (χ3v) is 4.10. The molecule has 8 heteroatoms. The molecular weight excluding hydrogens is 360 g/mol. The summed E-state index contributed by atoms with van der Waals surface area (Å²) < 4.78 is 6.20. The first-order valence-corrected chi connectivity index (χ1v) is 8.15. The summed E-state index contributed by atoms with van der Waals surface area (Å²) in [6, 6.07) is 14.7. The highest BCUT2D eigenvalue weighted by molar-refractivity contribution is 6.06. The van der Waals surface area contributed by atoms with E-state index in [9.17, 15) is 14.7 Å². The number of nitrogens with two attached hydrogens (primary N) is 1. The molecule has 140 valence electrons. The number of carbonyl (C=O) groups is 2. The van der Waals surface area contributed by atoms with Crippen LogP contribution in [-0.2, 0) is 4.74 Å². The summed E-state index contributed by atoms with van der Waals surface area (Å²) in [5.41, 5.74) is 7.29. The van der Waals surface area contributed by atoms with Crippen LogP contribution in [0.15, 0.2) is 54.7 Å². The van der Waals surface area contributed by atoms with E-state index >= 15 is 0 Å². The van der Waals surface area contributed by atoms with Crippen molar-refractivity contribution in [2.24, 2.45) is 0 Å². The predicted molar refractivity (Wildman–Crippen MR) is 102 cm³/mol. The highest BCUT2D eigenvalue weighted by atomic mass is 16.5. The number of carbonyl (C=O) groups excluding carboxylic acids is 2.